The Balaban J connectivity index is 1.04. The number of nitrogens with zero attached hydrogens (tertiary/aromatic N) is 5. The summed E-state index contributed by atoms with van der Waals surface area (Å²) in [5, 5.41) is 3.11. The van der Waals surface area contributed by atoms with E-state index in [1.165, 1.54) is 12.8 Å². The second-order valence-electron chi connectivity index (χ2n) is 10.4. The van der Waals surface area contributed by atoms with Gasteiger partial charge in [-0.1, -0.05) is 18.2 Å². The van der Waals surface area contributed by atoms with E-state index in [1.807, 2.05) is 30.3 Å². The molecule has 4 aromatic rings. The lowest BCUT2D eigenvalue weighted by molar-refractivity contribution is 0.0944. The molecule has 2 N–H and O–H groups in total. The minimum absolute atomic E-state index is 0.114. The van der Waals surface area contributed by atoms with Crippen molar-refractivity contribution in [3.05, 3.63) is 66.7 Å². The van der Waals surface area contributed by atoms with Gasteiger partial charge in [-0.2, -0.15) is 4.98 Å². The Morgan fingerprint density at radius 3 is 2.60 bits per heavy atom. The fraction of sp³-hybridized carbons (Fsp3) is 0.367. The number of nitrogens with one attached hydrogen (secondary N) is 2. The van der Waals surface area contributed by atoms with Crippen LogP contribution in [0.2, 0.25) is 0 Å². The van der Waals surface area contributed by atoms with Gasteiger partial charge in [-0.15, -0.1) is 0 Å². The molecule has 0 bridgehead atoms. The van der Waals surface area contributed by atoms with Gasteiger partial charge in [0.2, 0.25) is 5.95 Å². The third-order valence-corrected chi connectivity index (χ3v) is 7.46. The highest BCUT2D eigenvalue weighted by Crippen LogP contribution is 2.31. The number of piperidine rings is 1. The normalized spacial score (nSPS) is 15.6. The molecule has 1 amide bonds. The van der Waals surface area contributed by atoms with Gasteiger partial charge in [0.1, 0.15) is 23.7 Å². The lowest BCUT2D eigenvalue weighted by Gasteiger charge is -2.32. The molecule has 2 fully saturated rings. The molecule has 1 aliphatic heterocycles. The van der Waals surface area contributed by atoms with Crippen LogP contribution in [0.3, 0.4) is 0 Å². The maximum atomic E-state index is 12.9. The van der Waals surface area contributed by atoms with Gasteiger partial charge >= 0.3 is 0 Å². The number of aromatic nitrogens is 5. The summed E-state index contributed by atoms with van der Waals surface area (Å²) in [7, 11) is 1.60. The summed E-state index contributed by atoms with van der Waals surface area (Å²) in [6, 6.07) is 13.4. The molecule has 10 nitrogen and oxygen atoms in total. The predicted molar refractivity (Wildman–Crippen MR) is 151 cm³/mol. The first-order valence-electron chi connectivity index (χ1n) is 13.8. The highest BCUT2D eigenvalue weighted by molar-refractivity contribution is 5.95. The maximum Gasteiger partial charge on any atom is 0.251 e. The van der Waals surface area contributed by atoms with E-state index in [2.05, 4.69) is 30.2 Å². The highest BCUT2D eigenvalue weighted by Gasteiger charge is 2.24. The summed E-state index contributed by atoms with van der Waals surface area (Å²) in [5.41, 5.74) is 2.44. The van der Waals surface area contributed by atoms with Crippen molar-refractivity contribution in [3.8, 4) is 34.3 Å². The number of imidazole rings is 1. The largest absolute Gasteiger partial charge is 0.497 e. The molecule has 40 heavy (non-hydrogen) atoms. The Labute approximate surface area is 233 Å². The zero-order valence-electron chi connectivity index (χ0n) is 22.5. The molecule has 0 atom stereocenters. The topological polar surface area (TPSA) is 118 Å². The lowest BCUT2D eigenvalue weighted by atomic mass is 9.97. The monoisotopic (exact) mass is 539 g/mol. The van der Waals surface area contributed by atoms with Gasteiger partial charge in [0.25, 0.3) is 5.91 Å². The van der Waals surface area contributed by atoms with E-state index in [-0.39, 0.29) is 5.91 Å². The fourth-order valence-electron chi connectivity index (χ4n) is 4.89. The number of aromatic amines is 1. The number of ether oxygens (including phenoxy) is 2. The maximum absolute atomic E-state index is 12.9. The Bertz CT molecular complexity index is 1450. The van der Waals surface area contributed by atoms with Crippen LogP contribution in [0, 0.1) is 11.8 Å². The smallest absolute Gasteiger partial charge is 0.251 e. The second kappa shape index (κ2) is 11.7. The van der Waals surface area contributed by atoms with Gasteiger partial charge in [0.15, 0.2) is 5.82 Å². The summed E-state index contributed by atoms with van der Waals surface area (Å²) >= 11 is 0. The zero-order valence-corrected chi connectivity index (χ0v) is 22.5. The third-order valence-electron chi connectivity index (χ3n) is 7.46. The van der Waals surface area contributed by atoms with Gasteiger partial charge in [-0.25, -0.2) is 15.0 Å². The number of carbonyl (C=O) groups excluding carboxylic acids is 1. The standard InChI is InChI=1S/C30H33N7O3/c1-39-25-14-24(15-26(16-25)40-18-21-5-6-21)29(38)33-17-20-7-11-37(12-8-20)30-35-19-34-28(36-30)23-4-2-3-22(13-23)27-31-9-10-32-27/h2-4,9-10,13-16,19-21H,5-8,11-12,17-18H2,1H3,(H,31,32)(H,33,38). The van der Waals surface area contributed by atoms with Crippen LogP contribution in [-0.2, 0) is 0 Å². The molecule has 2 aromatic heterocycles. The Kier molecular flexibility index (Phi) is 7.56. The van der Waals surface area contributed by atoms with Gasteiger partial charge in [-0.05, 0) is 55.7 Å². The minimum atomic E-state index is -0.114. The molecule has 1 aliphatic carbocycles. The average molecular weight is 540 g/mol. The number of hydrogen-bond acceptors (Lipinski definition) is 8. The molecule has 0 spiro atoms. The number of amides is 1. The van der Waals surface area contributed by atoms with Gasteiger partial charge in [0, 0.05) is 54.8 Å². The summed E-state index contributed by atoms with van der Waals surface area (Å²) in [5.74, 6) is 4.30. The van der Waals surface area contributed by atoms with Crippen molar-refractivity contribution in [2.24, 2.45) is 11.8 Å². The number of methoxy groups -OCH3 is 1. The van der Waals surface area contributed by atoms with Crippen molar-refractivity contribution in [1.29, 1.82) is 0 Å². The quantitative estimate of drug-likeness (QED) is 0.305. The van der Waals surface area contributed by atoms with E-state index in [9.17, 15) is 4.79 Å². The molecule has 1 saturated heterocycles. The van der Waals surface area contributed by atoms with Gasteiger partial charge < -0.3 is 24.7 Å². The molecule has 6 rings (SSSR count). The number of carbonyl (C=O) groups is 1. The van der Waals surface area contributed by atoms with Crippen molar-refractivity contribution in [2.45, 2.75) is 25.7 Å². The number of H-pyrrole nitrogens is 1. The van der Waals surface area contributed by atoms with Crippen LogP contribution in [0.1, 0.15) is 36.0 Å². The molecule has 0 radical (unpaired) electrons. The first-order chi connectivity index (χ1) is 19.6. The molecule has 2 aromatic carbocycles. The Morgan fingerprint density at radius 1 is 1.00 bits per heavy atom. The van der Waals surface area contributed by atoms with Crippen LogP contribution >= 0.6 is 0 Å². The zero-order chi connectivity index (χ0) is 27.3. The van der Waals surface area contributed by atoms with Crippen LogP contribution in [0.15, 0.2) is 61.2 Å². The fourth-order valence-corrected chi connectivity index (χ4v) is 4.89. The Morgan fingerprint density at radius 2 is 1.82 bits per heavy atom. The van der Waals surface area contributed by atoms with Crippen molar-refractivity contribution >= 4 is 11.9 Å². The summed E-state index contributed by atoms with van der Waals surface area (Å²) in [6.45, 7) is 2.93. The van der Waals surface area contributed by atoms with Crippen LogP contribution in [0.25, 0.3) is 22.8 Å². The number of rotatable bonds is 10. The number of hydrogen-bond donors (Lipinski definition) is 2. The van der Waals surface area contributed by atoms with E-state index < -0.39 is 0 Å². The SMILES string of the molecule is COc1cc(OCC2CC2)cc(C(=O)NCC2CCN(c3ncnc(-c4cccc(-c5ncc[nH]5)c4)n3)CC2)c1. The van der Waals surface area contributed by atoms with Crippen LogP contribution in [0.4, 0.5) is 5.95 Å². The third kappa shape index (κ3) is 6.22. The molecule has 3 heterocycles. The molecule has 2 aliphatic rings. The van der Waals surface area contributed by atoms with Crippen molar-refractivity contribution in [1.82, 2.24) is 30.2 Å². The van der Waals surface area contributed by atoms with Crippen LogP contribution < -0.4 is 19.7 Å². The van der Waals surface area contributed by atoms with Gasteiger partial charge in [0.05, 0.1) is 13.7 Å². The summed E-state index contributed by atoms with van der Waals surface area (Å²) in [6.07, 6.45) is 9.40. The molecular weight excluding hydrogens is 506 g/mol. The van der Waals surface area contributed by atoms with E-state index >= 15 is 0 Å². The summed E-state index contributed by atoms with van der Waals surface area (Å²) in [4.78, 5) is 36.2. The lowest BCUT2D eigenvalue weighted by Crippen LogP contribution is -2.39. The molecule has 10 heteroatoms. The van der Waals surface area contributed by atoms with E-state index in [4.69, 9.17) is 14.5 Å². The molecule has 1 saturated carbocycles. The molecule has 0 unspecified atom stereocenters. The van der Waals surface area contributed by atoms with Crippen LogP contribution in [0.5, 0.6) is 11.5 Å². The average Bonchev–Trinajstić information content (AvgIpc) is 3.68. The van der Waals surface area contributed by atoms with Crippen molar-refractivity contribution < 1.29 is 14.3 Å². The first kappa shape index (κ1) is 25.8. The van der Waals surface area contributed by atoms with Crippen molar-refractivity contribution in [2.75, 3.05) is 38.3 Å². The first-order valence-corrected chi connectivity index (χ1v) is 13.8. The second-order valence-corrected chi connectivity index (χ2v) is 10.4. The van der Waals surface area contributed by atoms with E-state index in [1.54, 1.807) is 38.0 Å². The van der Waals surface area contributed by atoms with Gasteiger partial charge in [-0.3, -0.25) is 4.79 Å². The number of benzene rings is 2. The summed E-state index contributed by atoms with van der Waals surface area (Å²) < 4.78 is 11.3. The highest BCUT2D eigenvalue weighted by atomic mass is 16.5. The Hall–Kier alpha value is -4.47. The van der Waals surface area contributed by atoms with Crippen LogP contribution in [-0.4, -0.2) is 64.2 Å². The van der Waals surface area contributed by atoms with E-state index in [0.29, 0.717) is 53.8 Å². The minimum Gasteiger partial charge on any atom is -0.497 e. The van der Waals surface area contributed by atoms with E-state index in [0.717, 1.165) is 42.9 Å². The number of anilines is 1. The molecule has 206 valence electrons. The molecular formula is C30H33N7O3. The predicted octanol–water partition coefficient (Wildman–Crippen LogP) is 4.37. The van der Waals surface area contributed by atoms with Crippen molar-refractivity contribution in [3.63, 3.8) is 0 Å².